The molecule has 0 aromatic heterocycles. The number of hydrogen-bond acceptors (Lipinski definition) is 5. The molecule has 0 radical (unpaired) electrons. The van der Waals surface area contributed by atoms with E-state index >= 15 is 0 Å². The average molecular weight is 383 g/mol. The van der Waals surface area contributed by atoms with Crippen LogP contribution in [-0.2, 0) is 14.8 Å². The molecule has 8 heteroatoms. The second-order valence-electron chi connectivity index (χ2n) is 5.32. The van der Waals surface area contributed by atoms with E-state index < -0.39 is 15.9 Å². The lowest BCUT2D eigenvalue weighted by Crippen LogP contribution is -2.14. The number of hydrogen-bond donors (Lipinski definition) is 2. The van der Waals surface area contributed by atoms with Crippen molar-refractivity contribution in [3.8, 4) is 11.8 Å². The fourth-order valence-electron chi connectivity index (χ4n) is 2.14. The molecule has 0 unspecified atom stereocenters. The van der Waals surface area contributed by atoms with Gasteiger partial charge in [-0.25, -0.2) is 13.6 Å². The summed E-state index contributed by atoms with van der Waals surface area (Å²) in [5.74, 6) is 0.0468. The van der Waals surface area contributed by atoms with Gasteiger partial charge in [0.1, 0.15) is 17.4 Å². The summed E-state index contributed by atoms with van der Waals surface area (Å²) >= 11 is 0. The van der Waals surface area contributed by atoms with Gasteiger partial charge in [0.15, 0.2) is 0 Å². The van der Waals surface area contributed by atoms with Gasteiger partial charge >= 0.3 is 0 Å². The van der Waals surface area contributed by atoms with E-state index in [1.165, 1.54) is 30.3 Å². The Balaban J connectivity index is 2.12. The van der Waals surface area contributed by atoms with Gasteiger partial charge in [0.2, 0.25) is 10.0 Å². The number of rotatable bonds is 6. The largest absolute Gasteiger partial charge is 0.496 e. The predicted octanol–water partition coefficient (Wildman–Crippen LogP) is 2.44. The number of primary sulfonamides is 1. The van der Waals surface area contributed by atoms with Crippen molar-refractivity contribution in [3.05, 3.63) is 71.8 Å². The first kappa shape index (κ1) is 19.9. The summed E-state index contributed by atoms with van der Waals surface area (Å²) in [6, 6.07) is 14.4. The Hall–Kier alpha value is -3.41. The van der Waals surface area contributed by atoms with Crippen LogP contribution in [0.4, 0.5) is 5.69 Å². The summed E-state index contributed by atoms with van der Waals surface area (Å²) in [5.41, 5.74) is 1.02. The van der Waals surface area contributed by atoms with E-state index in [1.807, 2.05) is 24.3 Å². The number of carbonyl (C=O) groups excluding carboxylic acids is 1. The van der Waals surface area contributed by atoms with Crippen molar-refractivity contribution in [2.24, 2.45) is 5.14 Å². The van der Waals surface area contributed by atoms with Crippen molar-refractivity contribution in [1.82, 2.24) is 0 Å². The van der Waals surface area contributed by atoms with Gasteiger partial charge in [-0.05, 0) is 36.4 Å². The van der Waals surface area contributed by atoms with Gasteiger partial charge < -0.3 is 10.1 Å². The molecule has 0 atom stereocenters. The van der Waals surface area contributed by atoms with Crippen molar-refractivity contribution < 1.29 is 17.9 Å². The second kappa shape index (κ2) is 8.80. The highest BCUT2D eigenvalue weighted by Crippen LogP contribution is 2.19. The molecule has 2 aromatic rings. The van der Waals surface area contributed by atoms with Gasteiger partial charge in [0, 0.05) is 11.3 Å². The first-order valence-corrected chi connectivity index (χ1v) is 9.25. The van der Waals surface area contributed by atoms with E-state index in [1.54, 1.807) is 25.3 Å². The molecule has 0 fully saturated rings. The Labute approximate surface area is 157 Å². The Morgan fingerprint density at radius 2 is 1.85 bits per heavy atom. The van der Waals surface area contributed by atoms with Crippen LogP contribution in [0.3, 0.4) is 0 Å². The summed E-state index contributed by atoms with van der Waals surface area (Å²) < 4.78 is 27.7. The van der Waals surface area contributed by atoms with Crippen LogP contribution in [-0.4, -0.2) is 21.4 Å². The summed E-state index contributed by atoms with van der Waals surface area (Å²) in [7, 11) is -2.26. The molecule has 138 valence electrons. The number of nitrogens with two attached hydrogens (primary N) is 1. The van der Waals surface area contributed by atoms with Crippen molar-refractivity contribution in [1.29, 1.82) is 5.26 Å². The van der Waals surface area contributed by atoms with Gasteiger partial charge in [-0.2, -0.15) is 5.26 Å². The molecule has 27 heavy (non-hydrogen) atoms. The normalized spacial score (nSPS) is 11.8. The number of nitriles is 1. The van der Waals surface area contributed by atoms with Crippen LogP contribution in [0.2, 0.25) is 0 Å². The number of methoxy groups -OCH3 is 1. The molecule has 0 bridgehead atoms. The van der Waals surface area contributed by atoms with Crippen molar-refractivity contribution in [2.75, 3.05) is 12.4 Å². The highest BCUT2D eigenvalue weighted by Gasteiger charge is 2.10. The zero-order chi connectivity index (χ0) is 19.9. The topological polar surface area (TPSA) is 122 Å². The molecule has 1 amide bonds. The lowest BCUT2D eigenvalue weighted by atomic mass is 10.1. The molecule has 0 heterocycles. The number of anilines is 1. The number of ether oxygens (including phenoxy) is 1. The van der Waals surface area contributed by atoms with Crippen LogP contribution in [0.25, 0.3) is 6.08 Å². The zero-order valence-electron chi connectivity index (χ0n) is 14.4. The maximum Gasteiger partial charge on any atom is 0.266 e. The van der Waals surface area contributed by atoms with Crippen LogP contribution < -0.4 is 15.2 Å². The van der Waals surface area contributed by atoms with Crippen LogP contribution in [0.1, 0.15) is 5.56 Å². The van der Waals surface area contributed by atoms with E-state index in [0.717, 1.165) is 5.56 Å². The standard InChI is InChI=1S/C19H17N3O4S/c1-26-18-8-3-2-5-14(18)6-4-7-15(13-20)19(23)22-16-9-11-17(12-10-16)27(21,24)25/h2-12H,1H3,(H,22,23)(H2,21,24,25)/b6-4+,15-7+. The molecular weight excluding hydrogens is 366 g/mol. The van der Waals surface area contributed by atoms with Gasteiger partial charge in [-0.3, -0.25) is 4.79 Å². The smallest absolute Gasteiger partial charge is 0.266 e. The third kappa shape index (κ3) is 5.54. The van der Waals surface area contributed by atoms with Crippen LogP contribution in [0.15, 0.2) is 71.2 Å². The molecule has 0 saturated heterocycles. The van der Waals surface area contributed by atoms with E-state index in [0.29, 0.717) is 11.4 Å². The quantitative estimate of drug-likeness (QED) is 0.451. The molecule has 2 aromatic carbocycles. The maximum atomic E-state index is 12.2. The second-order valence-corrected chi connectivity index (χ2v) is 6.88. The Bertz CT molecular complexity index is 1030. The number of allylic oxidation sites excluding steroid dienone is 2. The van der Waals surface area contributed by atoms with Gasteiger partial charge in [-0.1, -0.05) is 30.4 Å². The van der Waals surface area contributed by atoms with E-state index in [9.17, 15) is 18.5 Å². The van der Waals surface area contributed by atoms with Crippen molar-refractivity contribution in [3.63, 3.8) is 0 Å². The van der Waals surface area contributed by atoms with Gasteiger partial charge in [0.05, 0.1) is 12.0 Å². The molecule has 0 spiro atoms. The third-order valence-electron chi connectivity index (χ3n) is 3.48. The number of para-hydroxylation sites is 1. The van der Waals surface area contributed by atoms with Gasteiger partial charge in [-0.15, -0.1) is 0 Å². The highest BCUT2D eigenvalue weighted by molar-refractivity contribution is 7.89. The molecule has 0 aliphatic rings. The molecule has 0 saturated carbocycles. The minimum Gasteiger partial charge on any atom is -0.496 e. The highest BCUT2D eigenvalue weighted by atomic mass is 32.2. The van der Waals surface area contributed by atoms with Crippen LogP contribution >= 0.6 is 0 Å². The minimum absolute atomic E-state index is 0.0729. The van der Waals surface area contributed by atoms with Crippen LogP contribution in [0, 0.1) is 11.3 Å². The lowest BCUT2D eigenvalue weighted by molar-refractivity contribution is -0.112. The first-order valence-electron chi connectivity index (χ1n) is 7.71. The first-order chi connectivity index (χ1) is 12.8. The number of benzene rings is 2. The summed E-state index contributed by atoms with van der Waals surface area (Å²) in [6.45, 7) is 0. The Morgan fingerprint density at radius 3 is 2.44 bits per heavy atom. The monoisotopic (exact) mass is 383 g/mol. The fraction of sp³-hybridized carbons (Fsp3) is 0.0526. The summed E-state index contributed by atoms with van der Waals surface area (Å²) in [5, 5.41) is 16.7. The number of amides is 1. The number of sulfonamides is 1. The zero-order valence-corrected chi connectivity index (χ0v) is 15.2. The van der Waals surface area contributed by atoms with Crippen molar-refractivity contribution in [2.45, 2.75) is 4.90 Å². The Morgan fingerprint density at radius 1 is 1.19 bits per heavy atom. The predicted molar refractivity (Wildman–Crippen MR) is 102 cm³/mol. The molecule has 7 nitrogen and oxygen atoms in total. The Kier molecular flexibility index (Phi) is 6.49. The number of carbonyl (C=O) groups is 1. The van der Waals surface area contributed by atoms with E-state index in [2.05, 4.69) is 5.32 Å². The molecule has 0 aliphatic carbocycles. The maximum absolute atomic E-state index is 12.2. The minimum atomic E-state index is -3.81. The van der Waals surface area contributed by atoms with Gasteiger partial charge in [0.25, 0.3) is 5.91 Å². The third-order valence-corrected chi connectivity index (χ3v) is 4.41. The van der Waals surface area contributed by atoms with Crippen molar-refractivity contribution >= 4 is 27.7 Å². The SMILES string of the molecule is COc1ccccc1/C=C/C=C(\C#N)C(=O)Nc1ccc(S(N)(=O)=O)cc1. The molecule has 0 aliphatic heterocycles. The molecular formula is C19H17N3O4S. The van der Waals surface area contributed by atoms with E-state index in [4.69, 9.17) is 9.88 Å². The average Bonchev–Trinajstić information content (AvgIpc) is 2.65. The summed E-state index contributed by atoms with van der Waals surface area (Å²) in [4.78, 5) is 12.1. The van der Waals surface area contributed by atoms with E-state index in [-0.39, 0.29) is 10.5 Å². The van der Waals surface area contributed by atoms with Crippen LogP contribution in [0.5, 0.6) is 5.75 Å². The summed E-state index contributed by atoms with van der Waals surface area (Å²) in [6.07, 6.45) is 4.66. The molecule has 2 rings (SSSR count). The fourth-order valence-corrected chi connectivity index (χ4v) is 2.66. The number of nitrogens with one attached hydrogen (secondary N) is 1. The number of nitrogens with zero attached hydrogens (tertiary/aromatic N) is 1. The molecule has 3 N–H and O–H groups in total. The lowest BCUT2D eigenvalue weighted by Gasteiger charge is -2.05.